The Morgan fingerprint density at radius 3 is 2.33 bits per heavy atom. The normalized spacial score (nSPS) is 12.0. The highest BCUT2D eigenvalue weighted by Gasteiger charge is 2.20. The molecule has 5 nitrogen and oxygen atoms in total. The molecule has 0 bridgehead atoms. The summed E-state index contributed by atoms with van der Waals surface area (Å²) >= 11 is 0. The molecule has 0 rings (SSSR count). The highest BCUT2D eigenvalue weighted by Crippen LogP contribution is 2.05. The van der Waals surface area contributed by atoms with Crippen LogP contribution in [0.25, 0.3) is 0 Å². The average Bonchev–Trinajstić information content (AvgIpc) is 2.04. The van der Waals surface area contributed by atoms with Gasteiger partial charge in [-0.2, -0.15) is 0 Å². The summed E-state index contributed by atoms with van der Waals surface area (Å²) in [4.78, 5) is 0. The predicted molar refractivity (Wildman–Crippen MR) is 41.0 cm³/mol. The molecule has 0 aliphatic carbocycles. The lowest BCUT2D eigenvalue weighted by Gasteiger charge is -2.19. The van der Waals surface area contributed by atoms with Gasteiger partial charge in [0.05, 0.1) is 26.4 Å². The highest BCUT2D eigenvalue weighted by molar-refractivity contribution is 4.51. The van der Waals surface area contributed by atoms with Crippen LogP contribution in [-0.4, -0.2) is 47.7 Å². The Hall–Kier alpha value is -0.200. The van der Waals surface area contributed by atoms with Gasteiger partial charge < -0.3 is 24.8 Å². The molecule has 0 aromatic heterocycles. The van der Waals surface area contributed by atoms with Crippen molar-refractivity contribution in [3.05, 3.63) is 6.92 Å². The molecule has 0 heterocycles. The van der Waals surface area contributed by atoms with Crippen molar-refractivity contribution in [1.29, 1.82) is 0 Å². The van der Waals surface area contributed by atoms with Gasteiger partial charge in [-0.25, -0.2) is 0 Å². The molecule has 0 amide bonds. The fourth-order valence-corrected chi connectivity index (χ4v) is 0.503. The van der Waals surface area contributed by atoms with Crippen molar-refractivity contribution in [2.75, 3.05) is 26.4 Å². The number of hydrogen-bond acceptors (Lipinski definition) is 5. The summed E-state index contributed by atoms with van der Waals surface area (Å²) in [7, 11) is 0. The lowest BCUT2D eigenvalue weighted by molar-refractivity contribution is -0.337. The van der Waals surface area contributed by atoms with E-state index in [1.807, 2.05) is 0 Å². The quantitative estimate of drug-likeness (QED) is 0.340. The highest BCUT2D eigenvalue weighted by atomic mass is 16.8. The molecule has 0 spiro atoms. The maximum Gasteiger partial charge on any atom is 0.277 e. The van der Waals surface area contributed by atoms with Crippen LogP contribution >= 0.6 is 0 Å². The van der Waals surface area contributed by atoms with Gasteiger partial charge in [-0.05, 0) is 6.92 Å². The summed E-state index contributed by atoms with van der Waals surface area (Å²) in [5, 5.41) is 26.0. The van der Waals surface area contributed by atoms with Gasteiger partial charge in [-0.3, -0.25) is 0 Å². The van der Waals surface area contributed by atoms with Gasteiger partial charge in [0.25, 0.3) is 5.97 Å². The summed E-state index contributed by atoms with van der Waals surface area (Å²) in [5.41, 5.74) is 0. The van der Waals surface area contributed by atoms with Crippen LogP contribution in [0.4, 0.5) is 0 Å². The number of aliphatic hydroxyl groups is 3. The minimum absolute atomic E-state index is 0.0568. The molecule has 0 atom stereocenters. The minimum Gasteiger partial charge on any atom is -0.394 e. The second-order valence-corrected chi connectivity index (χ2v) is 2.18. The van der Waals surface area contributed by atoms with E-state index in [9.17, 15) is 0 Å². The molecule has 1 radical (unpaired) electrons. The molecule has 0 aromatic rings. The van der Waals surface area contributed by atoms with Crippen LogP contribution in [-0.2, 0) is 9.47 Å². The van der Waals surface area contributed by atoms with E-state index >= 15 is 0 Å². The molecule has 0 saturated carbocycles. The van der Waals surface area contributed by atoms with E-state index in [2.05, 4.69) is 11.7 Å². The van der Waals surface area contributed by atoms with E-state index in [1.165, 1.54) is 0 Å². The smallest absolute Gasteiger partial charge is 0.277 e. The number of aliphatic hydroxyl groups excluding tert-OH is 1. The Morgan fingerprint density at radius 1 is 1.17 bits per heavy atom. The van der Waals surface area contributed by atoms with Crippen molar-refractivity contribution in [3.63, 3.8) is 0 Å². The molecule has 0 fully saturated rings. The molecule has 3 N–H and O–H groups in total. The van der Waals surface area contributed by atoms with Crippen molar-refractivity contribution in [2.45, 2.75) is 12.4 Å². The molecule has 0 saturated heterocycles. The van der Waals surface area contributed by atoms with E-state index in [-0.39, 0.29) is 32.8 Å². The summed E-state index contributed by atoms with van der Waals surface area (Å²) in [6, 6.07) is 0. The van der Waals surface area contributed by atoms with Crippen LogP contribution in [0.5, 0.6) is 0 Å². The largest absolute Gasteiger partial charge is 0.394 e. The third-order valence-corrected chi connectivity index (χ3v) is 1.12. The first kappa shape index (κ1) is 11.8. The minimum atomic E-state index is -2.16. The van der Waals surface area contributed by atoms with Crippen LogP contribution in [0.15, 0.2) is 0 Å². The Bertz CT molecular complexity index is 104. The maximum atomic E-state index is 8.85. The Kier molecular flexibility index (Phi) is 6.23. The fraction of sp³-hybridized carbons (Fsp3) is 0.857. The van der Waals surface area contributed by atoms with Gasteiger partial charge >= 0.3 is 0 Å². The molecule has 0 unspecified atom stereocenters. The number of ether oxygens (including phenoxy) is 2. The van der Waals surface area contributed by atoms with Gasteiger partial charge in [-0.15, -0.1) is 0 Å². The molecule has 73 valence electrons. The van der Waals surface area contributed by atoms with Gasteiger partial charge in [0, 0.05) is 6.42 Å². The predicted octanol–water partition coefficient (Wildman–Crippen LogP) is -1.13. The molecule has 12 heavy (non-hydrogen) atoms. The van der Waals surface area contributed by atoms with Crippen LogP contribution < -0.4 is 0 Å². The third-order valence-electron chi connectivity index (χ3n) is 1.12. The Balaban J connectivity index is 3.19. The Morgan fingerprint density at radius 2 is 1.83 bits per heavy atom. The monoisotopic (exact) mass is 179 g/mol. The average molecular weight is 179 g/mol. The zero-order chi connectivity index (χ0) is 9.45. The molecular formula is C7H15O5. The zero-order valence-electron chi connectivity index (χ0n) is 6.90. The van der Waals surface area contributed by atoms with Gasteiger partial charge in [0.2, 0.25) is 0 Å². The van der Waals surface area contributed by atoms with E-state index in [0.717, 1.165) is 0 Å². The van der Waals surface area contributed by atoms with E-state index < -0.39 is 5.97 Å². The lowest BCUT2D eigenvalue weighted by atomic mass is 10.4. The molecule has 0 aliphatic heterocycles. The topological polar surface area (TPSA) is 79.2 Å². The van der Waals surface area contributed by atoms with Crippen molar-refractivity contribution in [3.8, 4) is 0 Å². The van der Waals surface area contributed by atoms with Crippen molar-refractivity contribution in [1.82, 2.24) is 0 Å². The number of rotatable bonds is 7. The van der Waals surface area contributed by atoms with Crippen LogP contribution in [0, 0.1) is 6.92 Å². The molecule has 5 heteroatoms. The maximum absolute atomic E-state index is 8.85. The fourth-order valence-electron chi connectivity index (χ4n) is 0.503. The van der Waals surface area contributed by atoms with Gasteiger partial charge in [0.15, 0.2) is 0 Å². The molecule has 0 aliphatic rings. The first-order chi connectivity index (χ1) is 5.62. The molecular weight excluding hydrogens is 164 g/mol. The Labute approximate surface area is 71.5 Å². The van der Waals surface area contributed by atoms with Crippen LogP contribution in [0.2, 0.25) is 0 Å². The van der Waals surface area contributed by atoms with Gasteiger partial charge in [-0.1, -0.05) is 0 Å². The van der Waals surface area contributed by atoms with Crippen molar-refractivity contribution < 1.29 is 24.8 Å². The lowest BCUT2D eigenvalue weighted by Crippen LogP contribution is -2.32. The summed E-state index contributed by atoms with van der Waals surface area (Å²) < 4.78 is 9.37. The second-order valence-electron chi connectivity index (χ2n) is 2.18. The van der Waals surface area contributed by atoms with Gasteiger partial charge in [0.1, 0.15) is 0 Å². The van der Waals surface area contributed by atoms with Crippen molar-refractivity contribution in [2.24, 2.45) is 0 Å². The van der Waals surface area contributed by atoms with E-state index in [0.29, 0.717) is 0 Å². The summed E-state index contributed by atoms with van der Waals surface area (Å²) in [5.74, 6) is -2.16. The molecule has 0 aromatic carbocycles. The van der Waals surface area contributed by atoms with Crippen molar-refractivity contribution >= 4 is 0 Å². The van der Waals surface area contributed by atoms with E-state index in [1.54, 1.807) is 0 Å². The zero-order valence-corrected chi connectivity index (χ0v) is 6.90. The first-order valence-electron chi connectivity index (χ1n) is 3.69. The second kappa shape index (κ2) is 6.33. The summed E-state index contributed by atoms with van der Waals surface area (Å²) in [6.45, 7) is 3.70. The van der Waals surface area contributed by atoms with E-state index in [4.69, 9.17) is 20.1 Å². The standard InChI is InChI=1S/C7H15O5/c1-2-7(9,10)12-6-5-11-4-3-8/h8-10H,1-6H2. The SMILES string of the molecule is [CH2]CC(O)(O)OCCOCCO. The third kappa shape index (κ3) is 6.51. The van der Waals surface area contributed by atoms with Crippen LogP contribution in [0.3, 0.4) is 0 Å². The van der Waals surface area contributed by atoms with Crippen LogP contribution in [0.1, 0.15) is 6.42 Å². The first-order valence-corrected chi connectivity index (χ1v) is 3.69. The summed E-state index contributed by atoms with van der Waals surface area (Å²) in [6.07, 6.45) is -0.146. The number of hydrogen-bond donors (Lipinski definition) is 3.